The van der Waals surface area contributed by atoms with E-state index < -0.39 is 18.5 Å². The van der Waals surface area contributed by atoms with Gasteiger partial charge in [0.15, 0.2) is 6.61 Å². The molecule has 0 bridgehead atoms. The molecule has 5 aromatic carbocycles. The molecular formula is C36H28N2O4. The Labute approximate surface area is 243 Å². The van der Waals surface area contributed by atoms with Gasteiger partial charge in [-0.2, -0.15) is 0 Å². The number of rotatable bonds is 8. The Hall–Kier alpha value is -5.49. The molecule has 0 aliphatic heterocycles. The Morgan fingerprint density at radius 1 is 0.738 bits per heavy atom. The van der Waals surface area contributed by atoms with E-state index in [0.717, 1.165) is 27.6 Å². The molecule has 6 heteroatoms. The lowest BCUT2D eigenvalue weighted by Gasteiger charge is -2.15. The first-order valence-corrected chi connectivity index (χ1v) is 13.7. The van der Waals surface area contributed by atoms with Gasteiger partial charge in [0.05, 0.1) is 16.8 Å². The molecule has 42 heavy (non-hydrogen) atoms. The second-order valence-electron chi connectivity index (χ2n) is 9.93. The monoisotopic (exact) mass is 552 g/mol. The standard InChI is InChI=1S/C36H28N2O4/c1-24-34(36(40)42-23-33(39)37-31-17-9-13-26-12-5-6-14-29(26)31)30-15-7-8-16-32(30)38-35(24)27-18-20-28(21-19-27)41-22-25-10-3-2-4-11-25/h2-21H,22-23H2,1H3,(H,37,39). The van der Waals surface area contributed by atoms with Gasteiger partial charge in [0, 0.05) is 22.0 Å². The third-order valence-corrected chi connectivity index (χ3v) is 7.11. The summed E-state index contributed by atoms with van der Waals surface area (Å²) in [5.74, 6) is -0.261. The molecule has 0 aliphatic carbocycles. The van der Waals surface area contributed by atoms with Crippen molar-refractivity contribution in [3.05, 3.63) is 138 Å². The zero-order valence-electron chi connectivity index (χ0n) is 23.0. The minimum absolute atomic E-state index is 0.387. The number of nitrogens with zero attached hydrogens (tertiary/aromatic N) is 1. The Bertz CT molecular complexity index is 1900. The van der Waals surface area contributed by atoms with Crippen molar-refractivity contribution in [2.45, 2.75) is 13.5 Å². The van der Waals surface area contributed by atoms with Gasteiger partial charge in [-0.25, -0.2) is 9.78 Å². The van der Waals surface area contributed by atoms with Crippen LogP contribution in [0.4, 0.5) is 5.69 Å². The number of anilines is 1. The van der Waals surface area contributed by atoms with Crippen molar-refractivity contribution >= 4 is 39.2 Å². The molecule has 1 aromatic heterocycles. The zero-order chi connectivity index (χ0) is 28.9. The highest BCUT2D eigenvalue weighted by Crippen LogP contribution is 2.31. The van der Waals surface area contributed by atoms with E-state index in [1.54, 1.807) is 0 Å². The van der Waals surface area contributed by atoms with Crippen LogP contribution in [0.2, 0.25) is 0 Å². The zero-order valence-corrected chi connectivity index (χ0v) is 23.0. The van der Waals surface area contributed by atoms with Crippen LogP contribution >= 0.6 is 0 Å². The molecule has 0 unspecified atom stereocenters. The normalized spacial score (nSPS) is 10.9. The molecule has 0 radical (unpaired) electrons. The highest BCUT2D eigenvalue weighted by molar-refractivity contribution is 6.08. The molecule has 1 heterocycles. The van der Waals surface area contributed by atoms with Gasteiger partial charge in [-0.15, -0.1) is 0 Å². The van der Waals surface area contributed by atoms with Gasteiger partial charge in [0.1, 0.15) is 12.4 Å². The third-order valence-electron chi connectivity index (χ3n) is 7.11. The maximum absolute atomic E-state index is 13.5. The van der Waals surface area contributed by atoms with Crippen LogP contribution in [0.15, 0.2) is 121 Å². The van der Waals surface area contributed by atoms with Crippen molar-refractivity contribution in [1.82, 2.24) is 4.98 Å². The summed E-state index contributed by atoms with van der Waals surface area (Å²) in [6.07, 6.45) is 0. The fourth-order valence-electron chi connectivity index (χ4n) is 5.03. The van der Waals surface area contributed by atoms with Crippen LogP contribution < -0.4 is 10.1 Å². The fraction of sp³-hybridized carbons (Fsp3) is 0.0833. The summed E-state index contributed by atoms with van der Waals surface area (Å²) in [5.41, 5.74) is 4.98. The van der Waals surface area contributed by atoms with Crippen molar-refractivity contribution in [2.75, 3.05) is 11.9 Å². The number of fused-ring (bicyclic) bond motifs is 2. The maximum Gasteiger partial charge on any atom is 0.339 e. The first-order chi connectivity index (χ1) is 20.6. The van der Waals surface area contributed by atoms with Crippen LogP contribution in [-0.4, -0.2) is 23.5 Å². The Morgan fingerprint density at radius 3 is 2.24 bits per heavy atom. The van der Waals surface area contributed by atoms with Gasteiger partial charge in [-0.05, 0) is 59.8 Å². The van der Waals surface area contributed by atoms with E-state index in [4.69, 9.17) is 14.5 Å². The molecule has 1 amide bonds. The van der Waals surface area contributed by atoms with Crippen molar-refractivity contribution in [3.63, 3.8) is 0 Å². The summed E-state index contributed by atoms with van der Waals surface area (Å²) in [4.78, 5) is 31.1. The first kappa shape index (κ1) is 26.7. The van der Waals surface area contributed by atoms with Crippen molar-refractivity contribution in [2.24, 2.45) is 0 Å². The summed E-state index contributed by atoms with van der Waals surface area (Å²) >= 11 is 0. The largest absolute Gasteiger partial charge is 0.489 e. The number of hydrogen-bond donors (Lipinski definition) is 1. The van der Waals surface area contributed by atoms with Gasteiger partial charge in [0.25, 0.3) is 5.91 Å². The van der Waals surface area contributed by atoms with E-state index in [1.165, 1.54) is 0 Å². The van der Waals surface area contributed by atoms with Crippen LogP contribution in [0, 0.1) is 6.92 Å². The van der Waals surface area contributed by atoms with E-state index in [1.807, 2.05) is 128 Å². The minimum Gasteiger partial charge on any atom is -0.489 e. The van der Waals surface area contributed by atoms with Crippen LogP contribution in [0.3, 0.4) is 0 Å². The van der Waals surface area contributed by atoms with E-state index in [0.29, 0.717) is 40.0 Å². The second-order valence-corrected chi connectivity index (χ2v) is 9.93. The van der Waals surface area contributed by atoms with Crippen molar-refractivity contribution < 1.29 is 19.1 Å². The topological polar surface area (TPSA) is 77.5 Å². The Kier molecular flexibility index (Phi) is 7.60. The number of aromatic nitrogens is 1. The average Bonchev–Trinajstić information content (AvgIpc) is 3.03. The number of amides is 1. The van der Waals surface area contributed by atoms with Gasteiger partial charge < -0.3 is 14.8 Å². The summed E-state index contributed by atoms with van der Waals surface area (Å²) < 4.78 is 11.5. The Morgan fingerprint density at radius 2 is 1.43 bits per heavy atom. The molecule has 6 nitrogen and oxygen atoms in total. The lowest BCUT2D eigenvalue weighted by molar-refractivity contribution is -0.119. The summed E-state index contributed by atoms with van der Waals surface area (Å²) in [6.45, 7) is 1.90. The highest BCUT2D eigenvalue weighted by atomic mass is 16.5. The van der Waals surface area contributed by atoms with Crippen LogP contribution in [0.25, 0.3) is 32.9 Å². The molecule has 6 aromatic rings. The van der Waals surface area contributed by atoms with Gasteiger partial charge in [0.2, 0.25) is 0 Å². The summed E-state index contributed by atoms with van der Waals surface area (Å²) in [6, 6.07) is 38.5. The van der Waals surface area contributed by atoms with Gasteiger partial charge in [-0.3, -0.25) is 4.79 Å². The highest BCUT2D eigenvalue weighted by Gasteiger charge is 2.21. The Balaban J connectivity index is 1.21. The number of benzene rings is 5. The smallest absolute Gasteiger partial charge is 0.339 e. The molecule has 0 saturated heterocycles. The fourth-order valence-corrected chi connectivity index (χ4v) is 5.03. The predicted octanol–water partition coefficient (Wildman–Crippen LogP) is 7.74. The number of esters is 1. The second kappa shape index (κ2) is 11.9. The molecule has 206 valence electrons. The van der Waals surface area contributed by atoms with Crippen LogP contribution in [-0.2, 0) is 16.1 Å². The molecule has 6 rings (SSSR count). The third kappa shape index (κ3) is 5.69. The summed E-state index contributed by atoms with van der Waals surface area (Å²) in [7, 11) is 0. The average molecular weight is 553 g/mol. The van der Waals surface area contributed by atoms with Crippen molar-refractivity contribution in [3.8, 4) is 17.0 Å². The number of carbonyl (C=O) groups excluding carboxylic acids is 2. The SMILES string of the molecule is Cc1c(-c2ccc(OCc3ccccc3)cc2)nc2ccccc2c1C(=O)OCC(=O)Nc1cccc2ccccc12. The molecule has 0 saturated carbocycles. The molecule has 1 N–H and O–H groups in total. The minimum atomic E-state index is -0.580. The molecule has 0 fully saturated rings. The van der Waals surface area contributed by atoms with Crippen LogP contribution in [0.1, 0.15) is 21.5 Å². The number of pyridine rings is 1. The lowest BCUT2D eigenvalue weighted by atomic mass is 9.97. The van der Waals surface area contributed by atoms with Crippen LogP contribution in [0.5, 0.6) is 5.75 Å². The molecule has 0 aliphatic rings. The number of hydrogen-bond acceptors (Lipinski definition) is 5. The van der Waals surface area contributed by atoms with E-state index >= 15 is 0 Å². The van der Waals surface area contributed by atoms with Gasteiger partial charge >= 0.3 is 5.97 Å². The first-order valence-electron chi connectivity index (χ1n) is 13.7. The number of para-hydroxylation sites is 1. The van der Waals surface area contributed by atoms with Crippen molar-refractivity contribution in [1.29, 1.82) is 0 Å². The van der Waals surface area contributed by atoms with E-state index in [-0.39, 0.29) is 0 Å². The molecule has 0 spiro atoms. The van der Waals surface area contributed by atoms with E-state index in [2.05, 4.69) is 5.32 Å². The number of carbonyl (C=O) groups is 2. The lowest BCUT2D eigenvalue weighted by Crippen LogP contribution is -2.21. The summed E-state index contributed by atoms with van der Waals surface area (Å²) in [5, 5.41) is 5.46. The molecule has 0 atom stereocenters. The molecular weight excluding hydrogens is 524 g/mol. The maximum atomic E-state index is 13.5. The van der Waals surface area contributed by atoms with Gasteiger partial charge in [-0.1, -0.05) is 84.9 Å². The quantitative estimate of drug-likeness (QED) is 0.196. The number of ether oxygens (including phenoxy) is 2. The predicted molar refractivity (Wildman–Crippen MR) is 166 cm³/mol. The van der Waals surface area contributed by atoms with E-state index in [9.17, 15) is 9.59 Å². The number of nitrogens with one attached hydrogen (secondary N) is 1.